The van der Waals surface area contributed by atoms with E-state index in [9.17, 15) is 0 Å². The fraction of sp³-hybridized carbons (Fsp3) is 0.250. The van der Waals surface area contributed by atoms with E-state index < -0.39 is 0 Å². The molecule has 4 heteroatoms. The van der Waals surface area contributed by atoms with Crippen molar-refractivity contribution in [3.63, 3.8) is 0 Å². The fourth-order valence-corrected chi connectivity index (χ4v) is 3.11. The number of benzene rings is 1. The highest BCUT2D eigenvalue weighted by Crippen LogP contribution is 2.29. The van der Waals surface area contributed by atoms with Crippen LogP contribution in [0.3, 0.4) is 0 Å². The number of fused-ring (bicyclic) bond motifs is 1. The van der Waals surface area contributed by atoms with Gasteiger partial charge in [0.15, 0.2) is 5.82 Å². The second kappa shape index (κ2) is 5.21. The maximum Gasteiger partial charge on any atom is 0.172 e. The lowest BCUT2D eigenvalue weighted by Crippen LogP contribution is -1.98. The molecular weight excluding hydrogens is 266 g/mol. The van der Waals surface area contributed by atoms with Crippen molar-refractivity contribution in [2.75, 3.05) is 12.4 Å². The van der Waals surface area contributed by atoms with Crippen LogP contribution < -0.4 is 5.32 Å². The Morgan fingerprint density at radius 1 is 1.15 bits per heavy atom. The molecule has 1 N–H and O–H groups in total. The second-order valence-corrected chi connectivity index (χ2v) is 5.95. The molecule has 0 aliphatic carbocycles. The van der Waals surface area contributed by atoms with Gasteiger partial charge in [0.2, 0.25) is 0 Å². The van der Waals surface area contributed by atoms with Gasteiger partial charge in [0.1, 0.15) is 5.82 Å². The molecule has 0 saturated heterocycles. The number of anilines is 1. The first-order valence-corrected chi connectivity index (χ1v) is 7.58. The van der Waals surface area contributed by atoms with E-state index in [-0.39, 0.29) is 0 Å². The van der Waals surface area contributed by atoms with Gasteiger partial charge >= 0.3 is 0 Å². The molecule has 0 unspecified atom stereocenters. The van der Waals surface area contributed by atoms with Crippen LogP contribution in [0.4, 0.5) is 5.82 Å². The van der Waals surface area contributed by atoms with Gasteiger partial charge in [-0.15, -0.1) is 11.3 Å². The van der Waals surface area contributed by atoms with E-state index in [0.717, 1.165) is 33.8 Å². The molecule has 0 bridgehead atoms. The molecule has 0 atom stereocenters. The van der Waals surface area contributed by atoms with Gasteiger partial charge in [-0.2, -0.15) is 0 Å². The number of hydrogen-bond acceptors (Lipinski definition) is 4. The van der Waals surface area contributed by atoms with Crippen molar-refractivity contribution in [3.8, 4) is 10.7 Å². The van der Waals surface area contributed by atoms with E-state index in [0.29, 0.717) is 0 Å². The van der Waals surface area contributed by atoms with Crippen LogP contribution in [-0.2, 0) is 6.42 Å². The molecule has 2 aromatic heterocycles. The van der Waals surface area contributed by atoms with Crippen molar-refractivity contribution in [1.82, 2.24) is 9.97 Å². The van der Waals surface area contributed by atoms with E-state index >= 15 is 0 Å². The zero-order valence-electron chi connectivity index (χ0n) is 11.9. The van der Waals surface area contributed by atoms with Crippen LogP contribution in [0.1, 0.15) is 17.4 Å². The first-order chi connectivity index (χ1) is 9.71. The van der Waals surface area contributed by atoms with Crippen LogP contribution in [-0.4, -0.2) is 17.0 Å². The average Bonchev–Trinajstić information content (AvgIpc) is 2.95. The smallest absolute Gasteiger partial charge is 0.172 e. The molecule has 3 nitrogen and oxygen atoms in total. The fourth-order valence-electron chi connectivity index (χ4n) is 2.23. The van der Waals surface area contributed by atoms with Crippen LogP contribution in [0.5, 0.6) is 0 Å². The van der Waals surface area contributed by atoms with Crippen LogP contribution >= 0.6 is 11.3 Å². The summed E-state index contributed by atoms with van der Waals surface area (Å²) in [6.07, 6.45) is 1.05. The highest BCUT2D eigenvalue weighted by molar-refractivity contribution is 7.15. The maximum atomic E-state index is 4.70. The van der Waals surface area contributed by atoms with Gasteiger partial charge in [0, 0.05) is 17.3 Å². The molecule has 0 spiro atoms. The van der Waals surface area contributed by atoms with E-state index in [4.69, 9.17) is 4.98 Å². The number of nitrogens with one attached hydrogen (secondary N) is 1. The maximum absolute atomic E-state index is 4.70. The molecule has 1 aromatic carbocycles. The molecule has 0 aliphatic rings. The Kier molecular flexibility index (Phi) is 3.40. The quantitative estimate of drug-likeness (QED) is 0.780. The highest BCUT2D eigenvalue weighted by atomic mass is 32.1. The minimum absolute atomic E-state index is 0.801. The van der Waals surface area contributed by atoms with Gasteiger partial charge in [0.05, 0.1) is 10.4 Å². The Balaban J connectivity index is 2.19. The third-order valence-corrected chi connectivity index (χ3v) is 4.54. The summed E-state index contributed by atoms with van der Waals surface area (Å²) in [5.74, 6) is 1.69. The number of aromatic nitrogens is 2. The van der Waals surface area contributed by atoms with E-state index in [2.05, 4.69) is 54.5 Å². The average molecular weight is 283 g/mol. The minimum Gasteiger partial charge on any atom is -0.373 e. The lowest BCUT2D eigenvalue weighted by Gasteiger charge is -2.07. The number of hydrogen-bond donors (Lipinski definition) is 1. The predicted octanol–water partition coefficient (Wildman–Crippen LogP) is 4.27. The Labute approximate surface area is 122 Å². The standard InChI is InChI=1S/C16H17N3S/c1-4-11-6-8-14(20-11)16-18-13-7-5-10(2)9-12(13)15(17-3)19-16/h5-9H,4H2,1-3H3,(H,17,18,19). The molecule has 0 radical (unpaired) electrons. The van der Waals surface area contributed by atoms with Crippen LogP contribution in [0.15, 0.2) is 30.3 Å². The molecule has 0 aliphatic heterocycles. The predicted molar refractivity (Wildman–Crippen MR) is 86.5 cm³/mol. The van der Waals surface area contributed by atoms with Gasteiger partial charge in [-0.25, -0.2) is 9.97 Å². The SMILES string of the molecule is CCc1ccc(-c2nc(NC)c3cc(C)ccc3n2)s1. The van der Waals surface area contributed by atoms with Crippen molar-refractivity contribution >= 4 is 28.1 Å². The second-order valence-electron chi connectivity index (χ2n) is 4.79. The molecule has 0 saturated carbocycles. The van der Waals surface area contributed by atoms with E-state index in [1.807, 2.05) is 7.05 Å². The monoisotopic (exact) mass is 283 g/mol. The Morgan fingerprint density at radius 2 is 2.00 bits per heavy atom. The Morgan fingerprint density at radius 3 is 2.70 bits per heavy atom. The third kappa shape index (κ3) is 2.27. The molecule has 20 heavy (non-hydrogen) atoms. The molecular formula is C16H17N3S. The van der Waals surface area contributed by atoms with E-state index in [1.54, 1.807) is 11.3 Å². The summed E-state index contributed by atoms with van der Waals surface area (Å²) in [5, 5.41) is 4.25. The zero-order valence-corrected chi connectivity index (χ0v) is 12.7. The number of rotatable bonds is 3. The summed E-state index contributed by atoms with van der Waals surface area (Å²) < 4.78 is 0. The van der Waals surface area contributed by atoms with Gasteiger partial charge in [-0.3, -0.25) is 0 Å². The topological polar surface area (TPSA) is 37.8 Å². The van der Waals surface area contributed by atoms with Crippen molar-refractivity contribution in [2.45, 2.75) is 20.3 Å². The Hall–Kier alpha value is -1.94. The molecule has 2 heterocycles. The van der Waals surface area contributed by atoms with Crippen molar-refractivity contribution in [1.29, 1.82) is 0 Å². The number of nitrogens with zero attached hydrogens (tertiary/aromatic N) is 2. The van der Waals surface area contributed by atoms with Crippen molar-refractivity contribution in [3.05, 3.63) is 40.8 Å². The van der Waals surface area contributed by atoms with Crippen LogP contribution in [0.25, 0.3) is 21.6 Å². The van der Waals surface area contributed by atoms with Crippen LogP contribution in [0.2, 0.25) is 0 Å². The first kappa shape index (κ1) is 13.1. The number of thiophene rings is 1. The largest absolute Gasteiger partial charge is 0.373 e. The minimum atomic E-state index is 0.801. The molecule has 0 amide bonds. The summed E-state index contributed by atoms with van der Waals surface area (Å²) in [5.41, 5.74) is 2.20. The molecule has 0 fully saturated rings. The molecule has 102 valence electrons. The summed E-state index contributed by atoms with van der Waals surface area (Å²) in [6.45, 7) is 4.25. The third-order valence-electron chi connectivity index (χ3n) is 3.32. The first-order valence-electron chi connectivity index (χ1n) is 6.76. The normalized spacial score (nSPS) is 10.9. The summed E-state index contributed by atoms with van der Waals surface area (Å²) in [7, 11) is 1.90. The van der Waals surface area contributed by atoms with Gasteiger partial charge < -0.3 is 5.32 Å². The van der Waals surface area contributed by atoms with Gasteiger partial charge in [-0.05, 0) is 37.6 Å². The Bertz CT molecular complexity index is 762. The zero-order chi connectivity index (χ0) is 14.1. The number of aryl methyl sites for hydroxylation is 2. The highest BCUT2D eigenvalue weighted by Gasteiger charge is 2.10. The van der Waals surface area contributed by atoms with Gasteiger partial charge in [0.25, 0.3) is 0 Å². The van der Waals surface area contributed by atoms with Crippen LogP contribution in [0, 0.1) is 6.92 Å². The molecule has 3 aromatic rings. The van der Waals surface area contributed by atoms with Gasteiger partial charge in [-0.1, -0.05) is 18.6 Å². The lowest BCUT2D eigenvalue weighted by molar-refractivity contribution is 1.19. The van der Waals surface area contributed by atoms with E-state index in [1.165, 1.54) is 10.4 Å². The summed E-state index contributed by atoms with van der Waals surface area (Å²) in [4.78, 5) is 11.9. The lowest BCUT2D eigenvalue weighted by atomic mass is 10.1. The summed E-state index contributed by atoms with van der Waals surface area (Å²) in [6, 6.07) is 10.5. The summed E-state index contributed by atoms with van der Waals surface area (Å²) >= 11 is 1.76. The van der Waals surface area contributed by atoms with Crippen molar-refractivity contribution in [2.24, 2.45) is 0 Å². The molecule has 3 rings (SSSR count). The van der Waals surface area contributed by atoms with Crippen molar-refractivity contribution < 1.29 is 0 Å².